The lowest BCUT2D eigenvalue weighted by molar-refractivity contribution is 0.475. The van der Waals surface area contributed by atoms with Crippen LogP contribution in [-0.2, 0) is 0 Å². The Morgan fingerprint density at radius 3 is 2.50 bits per heavy atom. The molecule has 82 valence electrons. The SMILES string of the molecule is Cc1ccc(-c2cc(O)cc(Br)c2)c(Cl)c1. The van der Waals surface area contributed by atoms with Gasteiger partial charge in [-0.1, -0.05) is 39.7 Å². The number of hydrogen-bond acceptors (Lipinski definition) is 1. The van der Waals surface area contributed by atoms with Crippen LogP contribution in [0.2, 0.25) is 5.02 Å². The van der Waals surface area contributed by atoms with Gasteiger partial charge in [-0.25, -0.2) is 0 Å². The summed E-state index contributed by atoms with van der Waals surface area (Å²) in [5.41, 5.74) is 2.94. The lowest BCUT2D eigenvalue weighted by Crippen LogP contribution is -1.81. The summed E-state index contributed by atoms with van der Waals surface area (Å²) in [7, 11) is 0. The average Bonchev–Trinajstić information content (AvgIpc) is 2.15. The van der Waals surface area contributed by atoms with E-state index in [1.807, 2.05) is 31.2 Å². The van der Waals surface area contributed by atoms with Gasteiger partial charge in [0.25, 0.3) is 0 Å². The van der Waals surface area contributed by atoms with E-state index in [0.29, 0.717) is 5.02 Å². The molecule has 0 radical (unpaired) electrons. The summed E-state index contributed by atoms with van der Waals surface area (Å²) in [4.78, 5) is 0. The van der Waals surface area contributed by atoms with Crippen LogP contribution in [0, 0.1) is 6.92 Å². The molecule has 0 aliphatic rings. The van der Waals surface area contributed by atoms with Crippen LogP contribution in [-0.4, -0.2) is 5.11 Å². The van der Waals surface area contributed by atoms with Crippen LogP contribution in [0.4, 0.5) is 0 Å². The maximum atomic E-state index is 9.53. The molecule has 2 aromatic rings. The van der Waals surface area contributed by atoms with Crippen molar-refractivity contribution in [3.63, 3.8) is 0 Å². The number of rotatable bonds is 1. The van der Waals surface area contributed by atoms with Crippen molar-refractivity contribution in [2.75, 3.05) is 0 Å². The molecule has 1 nitrogen and oxygen atoms in total. The van der Waals surface area contributed by atoms with Crippen molar-refractivity contribution in [3.8, 4) is 16.9 Å². The van der Waals surface area contributed by atoms with Crippen molar-refractivity contribution in [1.82, 2.24) is 0 Å². The van der Waals surface area contributed by atoms with Crippen molar-refractivity contribution < 1.29 is 5.11 Å². The molecule has 0 atom stereocenters. The zero-order valence-corrected chi connectivity index (χ0v) is 11.0. The standard InChI is InChI=1S/C13H10BrClO/c1-8-2-3-12(13(15)4-8)9-5-10(14)7-11(16)6-9/h2-7,16H,1H3. The van der Waals surface area contributed by atoms with Gasteiger partial charge < -0.3 is 5.11 Å². The second kappa shape index (κ2) is 4.48. The molecule has 0 aromatic heterocycles. The predicted molar refractivity (Wildman–Crippen MR) is 71.0 cm³/mol. The monoisotopic (exact) mass is 296 g/mol. The van der Waals surface area contributed by atoms with Gasteiger partial charge in [0.05, 0.1) is 0 Å². The van der Waals surface area contributed by atoms with E-state index in [-0.39, 0.29) is 5.75 Å². The fourth-order valence-corrected chi connectivity index (χ4v) is 2.41. The molecule has 0 fully saturated rings. The van der Waals surface area contributed by atoms with E-state index in [9.17, 15) is 5.11 Å². The molecule has 0 aliphatic heterocycles. The summed E-state index contributed by atoms with van der Waals surface area (Å²) in [6, 6.07) is 11.1. The highest BCUT2D eigenvalue weighted by atomic mass is 79.9. The van der Waals surface area contributed by atoms with Gasteiger partial charge in [0.1, 0.15) is 5.75 Å². The third-order valence-electron chi connectivity index (χ3n) is 2.32. The lowest BCUT2D eigenvalue weighted by Gasteiger charge is -2.07. The Kier molecular flexibility index (Phi) is 3.22. The number of aryl methyl sites for hydroxylation is 1. The Bertz CT molecular complexity index is 517. The molecule has 0 saturated heterocycles. The summed E-state index contributed by atoms with van der Waals surface area (Å²) in [6.45, 7) is 1.99. The lowest BCUT2D eigenvalue weighted by atomic mass is 10.0. The smallest absolute Gasteiger partial charge is 0.117 e. The molecule has 0 aliphatic carbocycles. The first-order chi connectivity index (χ1) is 7.56. The molecule has 2 aromatic carbocycles. The quantitative estimate of drug-likeness (QED) is 0.803. The summed E-state index contributed by atoms with van der Waals surface area (Å²) < 4.78 is 0.833. The molecular weight excluding hydrogens is 287 g/mol. The predicted octanol–water partition coefficient (Wildman–Crippen LogP) is 4.78. The van der Waals surface area contributed by atoms with Gasteiger partial charge in [-0.3, -0.25) is 0 Å². The van der Waals surface area contributed by atoms with Crippen LogP contribution in [0.25, 0.3) is 11.1 Å². The Hall–Kier alpha value is -0.990. The van der Waals surface area contributed by atoms with Crippen molar-refractivity contribution >= 4 is 27.5 Å². The molecule has 0 saturated carbocycles. The van der Waals surface area contributed by atoms with Crippen molar-refractivity contribution in [2.24, 2.45) is 0 Å². The molecule has 2 rings (SSSR count). The van der Waals surface area contributed by atoms with Gasteiger partial charge >= 0.3 is 0 Å². The summed E-state index contributed by atoms with van der Waals surface area (Å²) in [6.07, 6.45) is 0. The second-order valence-corrected chi connectivity index (χ2v) is 5.00. The Morgan fingerprint density at radius 1 is 1.12 bits per heavy atom. The zero-order chi connectivity index (χ0) is 11.7. The normalized spacial score (nSPS) is 10.4. The maximum Gasteiger partial charge on any atom is 0.117 e. The highest BCUT2D eigenvalue weighted by molar-refractivity contribution is 9.10. The average molecular weight is 298 g/mol. The van der Waals surface area contributed by atoms with Gasteiger partial charge in [-0.2, -0.15) is 0 Å². The van der Waals surface area contributed by atoms with Gasteiger partial charge in [0, 0.05) is 15.1 Å². The van der Waals surface area contributed by atoms with Crippen LogP contribution >= 0.6 is 27.5 Å². The van der Waals surface area contributed by atoms with E-state index >= 15 is 0 Å². The Balaban J connectivity index is 2.58. The van der Waals surface area contributed by atoms with E-state index < -0.39 is 0 Å². The van der Waals surface area contributed by atoms with E-state index in [0.717, 1.165) is 21.2 Å². The molecule has 16 heavy (non-hydrogen) atoms. The molecule has 0 spiro atoms. The minimum Gasteiger partial charge on any atom is -0.508 e. The molecule has 3 heteroatoms. The highest BCUT2D eigenvalue weighted by Crippen LogP contribution is 2.33. The molecular formula is C13H10BrClO. The second-order valence-electron chi connectivity index (χ2n) is 3.68. The maximum absolute atomic E-state index is 9.53. The van der Waals surface area contributed by atoms with E-state index in [4.69, 9.17) is 11.6 Å². The van der Waals surface area contributed by atoms with E-state index in [1.54, 1.807) is 12.1 Å². The van der Waals surface area contributed by atoms with Gasteiger partial charge in [0.15, 0.2) is 0 Å². The number of hydrogen-bond donors (Lipinski definition) is 1. The zero-order valence-electron chi connectivity index (χ0n) is 8.67. The molecule has 1 N–H and O–H groups in total. The van der Waals surface area contributed by atoms with Gasteiger partial charge in [0.2, 0.25) is 0 Å². The van der Waals surface area contributed by atoms with Crippen molar-refractivity contribution in [3.05, 3.63) is 51.5 Å². The topological polar surface area (TPSA) is 20.2 Å². The molecule has 0 heterocycles. The summed E-state index contributed by atoms with van der Waals surface area (Å²) in [5, 5.41) is 10.2. The highest BCUT2D eigenvalue weighted by Gasteiger charge is 2.05. The van der Waals surface area contributed by atoms with Crippen LogP contribution in [0.3, 0.4) is 0 Å². The minimum atomic E-state index is 0.223. The van der Waals surface area contributed by atoms with E-state index in [2.05, 4.69) is 15.9 Å². The van der Waals surface area contributed by atoms with Crippen LogP contribution in [0.5, 0.6) is 5.75 Å². The molecule has 0 bridgehead atoms. The number of halogens is 2. The molecule has 0 unspecified atom stereocenters. The van der Waals surface area contributed by atoms with Crippen LogP contribution < -0.4 is 0 Å². The third kappa shape index (κ3) is 2.39. The Morgan fingerprint density at radius 2 is 1.88 bits per heavy atom. The first-order valence-electron chi connectivity index (χ1n) is 4.82. The number of aromatic hydroxyl groups is 1. The van der Waals surface area contributed by atoms with Crippen LogP contribution in [0.1, 0.15) is 5.56 Å². The Labute approximate surface area is 108 Å². The minimum absolute atomic E-state index is 0.223. The van der Waals surface area contributed by atoms with Gasteiger partial charge in [-0.05, 0) is 42.3 Å². The van der Waals surface area contributed by atoms with Crippen molar-refractivity contribution in [2.45, 2.75) is 6.92 Å². The first kappa shape index (κ1) is 11.5. The first-order valence-corrected chi connectivity index (χ1v) is 5.99. The number of phenolic OH excluding ortho intramolecular Hbond substituents is 1. The van der Waals surface area contributed by atoms with Crippen LogP contribution in [0.15, 0.2) is 40.9 Å². The fourth-order valence-electron chi connectivity index (χ4n) is 1.58. The van der Waals surface area contributed by atoms with E-state index in [1.165, 1.54) is 0 Å². The largest absolute Gasteiger partial charge is 0.508 e. The molecule has 0 amide bonds. The van der Waals surface area contributed by atoms with Gasteiger partial charge in [-0.15, -0.1) is 0 Å². The fraction of sp³-hybridized carbons (Fsp3) is 0.0769. The number of phenols is 1. The third-order valence-corrected chi connectivity index (χ3v) is 3.09. The summed E-state index contributed by atoms with van der Waals surface area (Å²) >= 11 is 9.52. The van der Waals surface area contributed by atoms with Crippen molar-refractivity contribution in [1.29, 1.82) is 0 Å². The summed E-state index contributed by atoms with van der Waals surface area (Å²) in [5.74, 6) is 0.223. The number of benzene rings is 2.